The number of benzene rings is 2. The number of aryl methyl sites for hydroxylation is 2. The summed E-state index contributed by atoms with van der Waals surface area (Å²) in [5.41, 5.74) is 11.5. The van der Waals surface area contributed by atoms with E-state index in [1.165, 1.54) is 0 Å². The van der Waals surface area contributed by atoms with Crippen LogP contribution in [-0.4, -0.2) is 56.1 Å². The van der Waals surface area contributed by atoms with Crippen molar-refractivity contribution in [1.29, 1.82) is 5.26 Å². The second-order valence-corrected chi connectivity index (χ2v) is 14.8. The van der Waals surface area contributed by atoms with Crippen LogP contribution in [0.4, 0.5) is 23.1 Å². The highest BCUT2D eigenvalue weighted by atomic mass is 35.5. The third-order valence-electron chi connectivity index (χ3n) is 8.47. The highest BCUT2D eigenvalue weighted by Gasteiger charge is 2.13. The molecule has 59 heavy (non-hydrogen) atoms. The van der Waals surface area contributed by atoms with Crippen molar-refractivity contribution in [3.63, 3.8) is 0 Å². The largest absolute Gasteiger partial charge is 0.370 e. The van der Waals surface area contributed by atoms with Crippen molar-refractivity contribution >= 4 is 81.1 Å². The molecule has 0 saturated heterocycles. The summed E-state index contributed by atoms with van der Waals surface area (Å²) in [6.07, 6.45) is 4.89. The Labute approximate surface area is 369 Å². The Morgan fingerprint density at radius 3 is 1.69 bits per heavy atom. The number of nitrogens with zero attached hydrogens (tertiary/aromatic N) is 8. The number of pyridine rings is 2. The van der Waals surface area contributed by atoms with Gasteiger partial charge in [0.05, 0.1) is 22.2 Å². The lowest BCUT2D eigenvalue weighted by atomic mass is 10.2. The third-order valence-corrected chi connectivity index (χ3v) is 9.94. The summed E-state index contributed by atoms with van der Waals surface area (Å²) in [4.78, 5) is 29.3. The van der Waals surface area contributed by atoms with E-state index in [0.717, 1.165) is 83.6 Å². The summed E-state index contributed by atoms with van der Waals surface area (Å²) in [6, 6.07) is 19.6. The second kappa shape index (κ2) is 23.3. The highest BCUT2D eigenvalue weighted by molar-refractivity contribution is 6.37. The molecule has 0 aliphatic heterocycles. The molecule has 0 bridgehead atoms. The van der Waals surface area contributed by atoms with E-state index < -0.39 is 0 Å². The number of hydrogen-bond donors (Lipinski definition) is 4. The zero-order valence-corrected chi connectivity index (χ0v) is 36.5. The number of nitrogens with two attached hydrogens (primary N) is 1. The van der Waals surface area contributed by atoms with Crippen LogP contribution in [0.1, 0.15) is 40.9 Å². The quantitative estimate of drug-likeness (QED) is 0.0524. The van der Waals surface area contributed by atoms with Crippen molar-refractivity contribution in [2.24, 2.45) is 5.73 Å². The lowest BCUT2D eigenvalue weighted by Crippen LogP contribution is -2.12. The molecule has 2 aromatic carbocycles. The van der Waals surface area contributed by atoms with Gasteiger partial charge in [0.15, 0.2) is 11.6 Å². The molecule has 4 heterocycles. The molecule has 5 N–H and O–H groups in total. The molecule has 0 fully saturated rings. The minimum atomic E-state index is 0.443. The Hall–Kier alpha value is -5.31. The predicted molar refractivity (Wildman–Crippen MR) is 242 cm³/mol. The number of aromatic nitrogens is 6. The van der Waals surface area contributed by atoms with Gasteiger partial charge in [0.2, 0.25) is 5.69 Å². The van der Waals surface area contributed by atoms with Gasteiger partial charge in [-0.05, 0) is 102 Å². The zero-order chi connectivity index (χ0) is 42.9. The zero-order valence-electron chi connectivity index (χ0n) is 32.7. The predicted octanol–water partition coefficient (Wildman–Crippen LogP) is 11.4. The molecule has 6 rings (SSSR count). The van der Waals surface area contributed by atoms with Gasteiger partial charge >= 0.3 is 0 Å². The summed E-state index contributed by atoms with van der Waals surface area (Å²) < 4.78 is 0. The Balaban J connectivity index is 0.000000216. The fourth-order valence-corrected chi connectivity index (χ4v) is 6.13. The van der Waals surface area contributed by atoms with E-state index in [1.54, 1.807) is 67.0 Å². The van der Waals surface area contributed by atoms with Gasteiger partial charge in [-0.1, -0.05) is 64.1 Å². The van der Waals surface area contributed by atoms with Crippen molar-refractivity contribution in [3.05, 3.63) is 138 Å². The van der Waals surface area contributed by atoms with Gasteiger partial charge in [-0.25, -0.2) is 29.8 Å². The Kier molecular flexibility index (Phi) is 18.3. The maximum atomic E-state index is 8.80. The molecule has 0 spiro atoms. The van der Waals surface area contributed by atoms with Crippen molar-refractivity contribution in [2.75, 3.05) is 42.1 Å². The van der Waals surface area contributed by atoms with Gasteiger partial charge in [0.25, 0.3) is 0 Å². The lowest BCUT2D eigenvalue weighted by Gasteiger charge is -2.13. The van der Waals surface area contributed by atoms with Crippen LogP contribution in [0.3, 0.4) is 0 Å². The maximum absolute atomic E-state index is 8.80. The first kappa shape index (κ1) is 46.4. The second-order valence-electron chi connectivity index (χ2n) is 12.7. The number of halogens is 5. The first-order valence-electron chi connectivity index (χ1n) is 18.2. The van der Waals surface area contributed by atoms with Gasteiger partial charge in [-0.2, -0.15) is 5.26 Å². The molecule has 12 nitrogen and oxygen atoms in total. The first-order chi connectivity index (χ1) is 28.3. The van der Waals surface area contributed by atoms with Crippen LogP contribution in [0.5, 0.6) is 0 Å². The summed E-state index contributed by atoms with van der Waals surface area (Å²) in [7, 11) is 0. The summed E-state index contributed by atoms with van der Waals surface area (Å²) >= 11 is 30.3. The van der Waals surface area contributed by atoms with E-state index in [2.05, 4.69) is 56.8 Å². The van der Waals surface area contributed by atoms with Crippen LogP contribution in [0.2, 0.25) is 25.2 Å². The van der Waals surface area contributed by atoms with Crippen molar-refractivity contribution in [1.82, 2.24) is 29.9 Å². The monoisotopic (exact) mass is 888 g/mol. The number of anilines is 3. The molecule has 0 saturated carbocycles. The molecule has 304 valence electrons. The fourth-order valence-electron chi connectivity index (χ4n) is 4.93. The van der Waals surface area contributed by atoms with Crippen LogP contribution in [0, 0.1) is 45.6 Å². The maximum Gasteiger partial charge on any atom is 0.205 e. The molecule has 0 atom stereocenters. The van der Waals surface area contributed by atoms with Gasteiger partial charge in [0, 0.05) is 75.7 Å². The van der Waals surface area contributed by atoms with Gasteiger partial charge < -0.3 is 21.7 Å². The van der Waals surface area contributed by atoms with E-state index in [9.17, 15) is 0 Å². The van der Waals surface area contributed by atoms with Gasteiger partial charge in [0.1, 0.15) is 28.7 Å². The molecule has 0 aliphatic rings. The van der Waals surface area contributed by atoms with Crippen LogP contribution >= 0.6 is 58.0 Å². The van der Waals surface area contributed by atoms with Gasteiger partial charge in [-0.15, -0.1) is 0 Å². The van der Waals surface area contributed by atoms with Crippen LogP contribution in [0.25, 0.3) is 27.6 Å². The number of nitrogens with one attached hydrogen (secondary N) is 3. The van der Waals surface area contributed by atoms with Crippen LogP contribution in [0.15, 0.2) is 73.1 Å². The molecule has 4 aromatic heterocycles. The fraction of sp³-hybridized carbons (Fsp3) is 0.238. The summed E-state index contributed by atoms with van der Waals surface area (Å²) in [5.74, 6) is 3.41. The van der Waals surface area contributed by atoms with E-state index in [-0.39, 0.29) is 0 Å². The minimum absolute atomic E-state index is 0.443. The van der Waals surface area contributed by atoms with E-state index in [0.29, 0.717) is 54.7 Å². The van der Waals surface area contributed by atoms with Crippen LogP contribution in [-0.2, 0) is 0 Å². The van der Waals surface area contributed by atoms with E-state index in [1.807, 2.05) is 33.8 Å². The Morgan fingerprint density at radius 2 is 1.20 bits per heavy atom. The smallest absolute Gasteiger partial charge is 0.205 e. The molecular weight excluding hydrogens is 850 g/mol. The standard InChI is InChI=1S/C21H20Cl2N6.C12H9Cl3N2.C9H12N4/c1-13-14(2)28-21(17-6-5-16(22)10-18(17)23)29-20(13)26-9-3-8-25-19-7-4-15(11-24)12-27-19;1-6-7(2)16-12(17-11(6)15)9-4-3-8(13)5-10(9)14;1-11-8-3-4-9(13-7-8)12-6-2-5-10/h4-7,10,12H,3,8-9H2,1-2H3,(H,25,27)(H,26,28,29);3-5H,1-2H3;3-4,7H,2,5-6,10H2,(H,12,13). The van der Waals surface area contributed by atoms with Crippen molar-refractivity contribution < 1.29 is 0 Å². The number of rotatable bonds is 12. The molecule has 0 unspecified atom stereocenters. The van der Waals surface area contributed by atoms with Crippen molar-refractivity contribution in [3.8, 4) is 28.8 Å². The average molecular weight is 891 g/mol. The van der Waals surface area contributed by atoms with Crippen molar-refractivity contribution in [2.45, 2.75) is 40.5 Å². The Bertz CT molecular complexity index is 2390. The molecule has 17 heteroatoms. The molecule has 6 aromatic rings. The van der Waals surface area contributed by atoms with E-state index in [4.69, 9.17) is 75.6 Å². The average Bonchev–Trinajstić information content (AvgIpc) is 3.22. The Morgan fingerprint density at radius 1 is 0.661 bits per heavy atom. The minimum Gasteiger partial charge on any atom is -0.370 e. The SMILES string of the molecule is Cc1nc(-c2ccc(Cl)cc2Cl)nc(Cl)c1C.Cc1nc(-c2ccc(Cl)cc2Cl)nc(NCCCNc2ccc(C#N)cn2)c1C.[C-]#[N+]c1ccc(NCCCN)nc1. The normalized spacial score (nSPS) is 10.2. The molecule has 0 radical (unpaired) electrons. The molecular formula is C42H41Cl5N12. The third kappa shape index (κ3) is 14.2. The highest BCUT2D eigenvalue weighted by Crippen LogP contribution is 2.31. The molecule has 0 aliphatic carbocycles. The number of nitriles is 1. The molecule has 0 amide bonds. The summed E-state index contributed by atoms with van der Waals surface area (Å²) in [5, 5.41) is 21.1. The first-order valence-corrected chi connectivity index (χ1v) is 20.1. The topological polar surface area (TPSA) is 168 Å². The van der Waals surface area contributed by atoms with Crippen LogP contribution < -0.4 is 21.7 Å². The lowest BCUT2D eigenvalue weighted by molar-refractivity contribution is 0.870. The van der Waals surface area contributed by atoms with E-state index >= 15 is 0 Å². The number of hydrogen-bond acceptors (Lipinski definition) is 11. The van der Waals surface area contributed by atoms with Gasteiger partial charge in [-0.3, -0.25) is 4.98 Å². The summed E-state index contributed by atoms with van der Waals surface area (Å²) in [6.45, 7) is 17.4.